The molecule has 4 nitrogen and oxygen atoms in total. The zero-order valence-electron chi connectivity index (χ0n) is 31.4. The second-order valence-electron chi connectivity index (χ2n) is 16.1. The quantitative estimate of drug-likeness (QED) is 0.0615. The van der Waals surface area contributed by atoms with Gasteiger partial charge in [-0.05, 0) is 74.0 Å². The predicted octanol–water partition coefficient (Wildman–Crippen LogP) is 12.5. The number of unbranched alkanes of at least 4 members (excludes halogenated alkanes) is 10. The lowest BCUT2D eigenvalue weighted by molar-refractivity contribution is -0.151. The summed E-state index contributed by atoms with van der Waals surface area (Å²) in [4.78, 5) is 24.7. The minimum absolute atomic E-state index is 0.00325. The molecule has 0 aromatic heterocycles. The molecule has 0 saturated heterocycles. The van der Waals surface area contributed by atoms with Gasteiger partial charge in [0.2, 0.25) is 0 Å². The van der Waals surface area contributed by atoms with Crippen molar-refractivity contribution < 1.29 is 19.1 Å². The van der Waals surface area contributed by atoms with Crippen LogP contribution in [-0.4, -0.2) is 24.1 Å². The molecule has 0 aromatic carbocycles. The topological polar surface area (TPSA) is 52.6 Å². The molecule has 0 aromatic rings. The Balaban J connectivity index is 3.91. The summed E-state index contributed by atoms with van der Waals surface area (Å²) in [5.41, 5.74) is 0. The summed E-state index contributed by atoms with van der Waals surface area (Å²) >= 11 is 0. The van der Waals surface area contributed by atoms with Crippen LogP contribution in [0, 0.1) is 35.5 Å². The molecule has 44 heavy (non-hydrogen) atoms. The molecule has 0 aliphatic rings. The van der Waals surface area contributed by atoms with Gasteiger partial charge in [-0.25, -0.2) is 0 Å². The van der Waals surface area contributed by atoms with E-state index in [-0.39, 0.29) is 24.1 Å². The SMILES string of the molecule is CC(C)CC(CC(C)C)OC(=O)CCCCCCCCC(CCCCCCCCC(=O)OC(CC(C)C)CC(C)C)C(C)C. The van der Waals surface area contributed by atoms with Crippen LogP contribution in [0.25, 0.3) is 0 Å². The van der Waals surface area contributed by atoms with Crippen molar-refractivity contribution in [3.63, 3.8) is 0 Å². The molecule has 262 valence electrons. The molecule has 4 heteroatoms. The van der Waals surface area contributed by atoms with E-state index in [1.165, 1.54) is 64.2 Å². The molecular formula is C40H78O4. The van der Waals surface area contributed by atoms with Crippen LogP contribution < -0.4 is 0 Å². The first-order valence-electron chi connectivity index (χ1n) is 19.2. The zero-order chi connectivity index (χ0) is 33.3. The summed E-state index contributed by atoms with van der Waals surface area (Å²) in [7, 11) is 0. The Morgan fingerprint density at radius 1 is 0.409 bits per heavy atom. The average Bonchev–Trinajstić information content (AvgIpc) is 2.88. The minimum Gasteiger partial charge on any atom is -0.462 e. The largest absolute Gasteiger partial charge is 0.462 e. The Bertz CT molecular complexity index is 607. The van der Waals surface area contributed by atoms with Gasteiger partial charge >= 0.3 is 11.9 Å². The van der Waals surface area contributed by atoms with Crippen LogP contribution in [0.1, 0.15) is 198 Å². The summed E-state index contributed by atoms with van der Waals surface area (Å²) < 4.78 is 11.6. The predicted molar refractivity (Wildman–Crippen MR) is 190 cm³/mol. The van der Waals surface area contributed by atoms with Crippen molar-refractivity contribution in [2.45, 2.75) is 210 Å². The number of esters is 2. The van der Waals surface area contributed by atoms with E-state index in [0.29, 0.717) is 36.5 Å². The summed E-state index contributed by atoms with van der Waals surface area (Å²) in [6, 6.07) is 0. The third-order valence-corrected chi connectivity index (χ3v) is 8.89. The maximum atomic E-state index is 12.3. The first-order valence-corrected chi connectivity index (χ1v) is 19.2. The van der Waals surface area contributed by atoms with E-state index in [0.717, 1.165) is 63.2 Å². The highest BCUT2D eigenvalue weighted by atomic mass is 16.5. The second kappa shape index (κ2) is 27.1. The molecule has 0 rings (SSSR count). The molecule has 0 radical (unpaired) electrons. The highest BCUT2D eigenvalue weighted by molar-refractivity contribution is 5.69. The zero-order valence-corrected chi connectivity index (χ0v) is 31.4. The third-order valence-electron chi connectivity index (χ3n) is 8.89. The Morgan fingerprint density at radius 2 is 0.682 bits per heavy atom. The number of ether oxygens (including phenoxy) is 2. The monoisotopic (exact) mass is 623 g/mol. The van der Waals surface area contributed by atoms with E-state index in [9.17, 15) is 9.59 Å². The molecule has 0 fully saturated rings. The molecule has 0 bridgehead atoms. The molecular weight excluding hydrogens is 544 g/mol. The minimum atomic E-state index is 0.00325. The number of carbonyl (C=O) groups is 2. The van der Waals surface area contributed by atoms with E-state index in [1.54, 1.807) is 0 Å². The van der Waals surface area contributed by atoms with Crippen LogP contribution in [0.5, 0.6) is 0 Å². The third kappa shape index (κ3) is 27.3. The van der Waals surface area contributed by atoms with Gasteiger partial charge in [0.25, 0.3) is 0 Å². The van der Waals surface area contributed by atoms with Crippen LogP contribution in [0.4, 0.5) is 0 Å². The van der Waals surface area contributed by atoms with Crippen molar-refractivity contribution in [2.24, 2.45) is 35.5 Å². The Labute approximate surface area is 276 Å². The van der Waals surface area contributed by atoms with Crippen LogP contribution in [0.2, 0.25) is 0 Å². The number of carbonyl (C=O) groups excluding carboxylic acids is 2. The van der Waals surface area contributed by atoms with Gasteiger partial charge in [0.15, 0.2) is 0 Å². The molecule has 0 heterocycles. The van der Waals surface area contributed by atoms with Crippen molar-refractivity contribution >= 4 is 11.9 Å². The fourth-order valence-corrected chi connectivity index (χ4v) is 6.55. The highest BCUT2D eigenvalue weighted by Gasteiger charge is 2.19. The smallest absolute Gasteiger partial charge is 0.306 e. The van der Waals surface area contributed by atoms with Crippen molar-refractivity contribution in [1.82, 2.24) is 0 Å². The number of hydrogen-bond donors (Lipinski definition) is 0. The van der Waals surface area contributed by atoms with Gasteiger partial charge in [-0.15, -0.1) is 0 Å². The molecule has 0 aliphatic heterocycles. The molecule has 0 N–H and O–H groups in total. The van der Waals surface area contributed by atoms with E-state index in [2.05, 4.69) is 69.2 Å². The maximum absolute atomic E-state index is 12.3. The molecule has 0 aliphatic carbocycles. The van der Waals surface area contributed by atoms with Crippen LogP contribution in [0.3, 0.4) is 0 Å². The second-order valence-corrected chi connectivity index (χ2v) is 16.1. The Hall–Kier alpha value is -1.06. The van der Waals surface area contributed by atoms with Crippen molar-refractivity contribution in [3.8, 4) is 0 Å². The van der Waals surface area contributed by atoms with Crippen molar-refractivity contribution in [1.29, 1.82) is 0 Å². The van der Waals surface area contributed by atoms with Crippen LogP contribution in [-0.2, 0) is 19.1 Å². The van der Waals surface area contributed by atoms with Crippen molar-refractivity contribution in [3.05, 3.63) is 0 Å². The van der Waals surface area contributed by atoms with E-state index >= 15 is 0 Å². The van der Waals surface area contributed by atoms with Crippen LogP contribution >= 0.6 is 0 Å². The highest BCUT2D eigenvalue weighted by Crippen LogP contribution is 2.26. The Kier molecular flexibility index (Phi) is 26.4. The maximum Gasteiger partial charge on any atom is 0.306 e. The fourth-order valence-electron chi connectivity index (χ4n) is 6.55. The Morgan fingerprint density at radius 3 is 0.955 bits per heavy atom. The van der Waals surface area contributed by atoms with Crippen molar-refractivity contribution in [2.75, 3.05) is 0 Å². The molecule has 0 spiro atoms. The van der Waals surface area contributed by atoms with Gasteiger partial charge in [-0.3, -0.25) is 9.59 Å². The van der Waals surface area contributed by atoms with Gasteiger partial charge in [0.05, 0.1) is 0 Å². The number of hydrogen-bond acceptors (Lipinski definition) is 4. The summed E-state index contributed by atoms with van der Waals surface area (Å²) in [5.74, 6) is 3.85. The normalized spacial score (nSPS) is 12.3. The standard InChI is InChI=1S/C40H78O4/c1-31(2)27-37(28-32(3)4)43-39(41)25-21-17-13-11-15-19-23-36(35(9)10)24-20-16-12-14-18-22-26-40(42)44-38(29-33(5)6)30-34(7)8/h31-38H,11-30H2,1-10H3. The van der Waals surface area contributed by atoms with E-state index in [4.69, 9.17) is 9.47 Å². The first kappa shape index (κ1) is 42.9. The van der Waals surface area contributed by atoms with E-state index in [1.807, 2.05) is 0 Å². The lowest BCUT2D eigenvalue weighted by atomic mass is 9.85. The van der Waals surface area contributed by atoms with E-state index < -0.39 is 0 Å². The molecule has 0 amide bonds. The van der Waals surface area contributed by atoms with Gasteiger partial charge in [-0.2, -0.15) is 0 Å². The lowest BCUT2D eigenvalue weighted by Crippen LogP contribution is -2.22. The molecule has 0 saturated carbocycles. The average molecular weight is 623 g/mol. The molecule has 0 unspecified atom stereocenters. The number of rotatable bonds is 29. The first-order chi connectivity index (χ1) is 20.8. The summed E-state index contributed by atoms with van der Waals surface area (Å²) in [5, 5.41) is 0. The fraction of sp³-hybridized carbons (Fsp3) is 0.950. The lowest BCUT2D eigenvalue weighted by Gasteiger charge is -2.21. The van der Waals surface area contributed by atoms with Gasteiger partial charge < -0.3 is 9.47 Å². The van der Waals surface area contributed by atoms with Gasteiger partial charge in [-0.1, -0.05) is 146 Å². The van der Waals surface area contributed by atoms with Gasteiger partial charge in [0, 0.05) is 12.8 Å². The molecule has 0 atom stereocenters. The van der Waals surface area contributed by atoms with Gasteiger partial charge in [0.1, 0.15) is 12.2 Å². The summed E-state index contributed by atoms with van der Waals surface area (Å²) in [6.45, 7) is 22.4. The van der Waals surface area contributed by atoms with Crippen LogP contribution in [0.15, 0.2) is 0 Å². The summed E-state index contributed by atoms with van der Waals surface area (Å²) in [6.07, 6.45) is 22.5.